The number of methoxy groups -OCH3 is 1. The van der Waals surface area contributed by atoms with Crippen LogP contribution in [0.4, 0.5) is 0 Å². The maximum Gasteiger partial charge on any atom is 0.191 e. The highest BCUT2D eigenvalue weighted by Gasteiger charge is 2.36. The number of unbranched alkanes of at least 4 members (excludes halogenated alkanes) is 8. The summed E-state index contributed by atoms with van der Waals surface area (Å²) in [5.74, 6) is 0. The molecule has 0 heterocycles. The first kappa shape index (κ1) is 25.4. The molecule has 1 rings (SSSR count). The maximum absolute atomic E-state index is 6.26. The Morgan fingerprint density at radius 1 is 0.786 bits per heavy atom. The van der Waals surface area contributed by atoms with E-state index in [2.05, 4.69) is 64.2 Å². The van der Waals surface area contributed by atoms with Gasteiger partial charge in [0.15, 0.2) is 8.32 Å². The van der Waals surface area contributed by atoms with Crippen LogP contribution in [-0.2, 0) is 9.16 Å². The zero-order valence-electron chi connectivity index (χ0n) is 19.6. The Kier molecular flexibility index (Phi) is 12.3. The minimum absolute atomic E-state index is 0.259. The minimum atomic E-state index is -1.54. The molecule has 0 bridgehead atoms. The third kappa shape index (κ3) is 10.2. The first-order valence-corrected chi connectivity index (χ1v) is 14.4. The second kappa shape index (κ2) is 13.6. The van der Waals surface area contributed by atoms with E-state index in [1.54, 1.807) is 0 Å². The van der Waals surface area contributed by atoms with E-state index < -0.39 is 8.32 Å². The molecule has 0 aliphatic rings. The first-order chi connectivity index (χ1) is 13.3. The van der Waals surface area contributed by atoms with Gasteiger partial charge in [-0.05, 0) is 36.5 Å². The summed E-state index contributed by atoms with van der Waals surface area (Å²) in [6, 6.07) is 10.6. The second-order valence-corrected chi connectivity index (χ2v) is 14.5. The lowest BCUT2D eigenvalue weighted by Crippen LogP contribution is -2.40. The van der Waals surface area contributed by atoms with Crippen LogP contribution in [0.25, 0.3) is 0 Å². The Bertz CT molecular complexity index is 493. The molecule has 0 aliphatic carbocycles. The van der Waals surface area contributed by atoms with Crippen LogP contribution in [0.1, 0.15) is 96.6 Å². The lowest BCUT2D eigenvalue weighted by molar-refractivity contribution is 0.0931. The molecule has 0 fully saturated rings. The number of hydrogen-bond acceptors (Lipinski definition) is 2. The van der Waals surface area contributed by atoms with E-state index in [1.165, 1.54) is 63.4 Å². The van der Waals surface area contributed by atoms with Crippen molar-refractivity contribution >= 4 is 8.32 Å². The topological polar surface area (TPSA) is 18.5 Å². The predicted octanol–water partition coefficient (Wildman–Crippen LogP) is 8.30. The van der Waals surface area contributed by atoms with Crippen molar-refractivity contribution in [3.63, 3.8) is 0 Å². The largest absolute Gasteiger partial charge is 0.417 e. The Labute approximate surface area is 176 Å². The average Bonchev–Trinajstić information content (AvgIpc) is 2.65. The molecular weight excluding hydrogens is 360 g/mol. The van der Waals surface area contributed by atoms with Crippen molar-refractivity contribution in [2.75, 3.05) is 13.7 Å². The van der Waals surface area contributed by atoms with Crippen molar-refractivity contribution in [1.29, 1.82) is 0 Å². The SMILES string of the molecule is COC(CCCCCCCCCCCO[Si](C)(C)C(C)(C)C)c1ccccc1. The fourth-order valence-electron chi connectivity index (χ4n) is 3.30. The fourth-order valence-corrected chi connectivity index (χ4v) is 4.39. The van der Waals surface area contributed by atoms with E-state index in [0.717, 1.165) is 13.0 Å². The van der Waals surface area contributed by atoms with Gasteiger partial charge in [-0.2, -0.15) is 0 Å². The van der Waals surface area contributed by atoms with Gasteiger partial charge in [-0.15, -0.1) is 0 Å². The smallest absolute Gasteiger partial charge is 0.191 e. The van der Waals surface area contributed by atoms with Crippen LogP contribution in [-0.4, -0.2) is 22.0 Å². The number of benzene rings is 1. The summed E-state index contributed by atoms with van der Waals surface area (Å²) in [5.41, 5.74) is 1.31. The molecule has 0 aliphatic heterocycles. The molecule has 1 unspecified atom stereocenters. The van der Waals surface area contributed by atoms with Crippen molar-refractivity contribution in [1.82, 2.24) is 0 Å². The van der Waals surface area contributed by atoms with E-state index >= 15 is 0 Å². The van der Waals surface area contributed by atoms with Crippen molar-refractivity contribution in [2.45, 2.75) is 109 Å². The summed E-state index contributed by atoms with van der Waals surface area (Å²) in [5, 5.41) is 0.331. The lowest BCUT2D eigenvalue weighted by Gasteiger charge is -2.36. The number of ether oxygens (including phenoxy) is 1. The number of hydrogen-bond donors (Lipinski definition) is 0. The second-order valence-electron chi connectivity index (χ2n) is 9.71. The van der Waals surface area contributed by atoms with Crippen molar-refractivity contribution in [2.24, 2.45) is 0 Å². The first-order valence-electron chi connectivity index (χ1n) is 11.5. The number of rotatable bonds is 15. The zero-order chi connectivity index (χ0) is 20.9. The highest BCUT2D eigenvalue weighted by atomic mass is 28.4. The van der Waals surface area contributed by atoms with Crippen LogP contribution in [0.15, 0.2) is 30.3 Å². The van der Waals surface area contributed by atoms with Gasteiger partial charge in [-0.1, -0.05) is 102 Å². The molecule has 0 radical (unpaired) electrons. The van der Waals surface area contributed by atoms with Crippen LogP contribution < -0.4 is 0 Å². The van der Waals surface area contributed by atoms with Crippen LogP contribution in [0.5, 0.6) is 0 Å². The van der Waals surface area contributed by atoms with E-state index in [1.807, 2.05) is 7.11 Å². The minimum Gasteiger partial charge on any atom is -0.417 e. The Hall–Kier alpha value is -0.643. The summed E-state index contributed by atoms with van der Waals surface area (Å²) in [6.45, 7) is 12.6. The monoisotopic (exact) mass is 406 g/mol. The van der Waals surface area contributed by atoms with Crippen LogP contribution >= 0.6 is 0 Å². The Balaban J connectivity index is 1.94. The molecule has 2 nitrogen and oxygen atoms in total. The van der Waals surface area contributed by atoms with Crippen molar-refractivity contribution < 1.29 is 9.16 Å². The molecule has 1 aromatic rings. The quantitative estimate of drug-likeness (QED) is 0.215. The molecule has 1 atom stereocenters. The van der Waals surface area contributed by atoms with E-state index in [0.29, 0.717) is 5.04 Å². The molecular formula is C25H46O2Si. The molecule has 0 N–H and O–H groups in total. The Morgan fingerprint density at radius 2 is 1.29 bits per heavy atom. The third-order valence-corrected chi connectivity index (χ3v) is 10.9. The van der Waals surface area contributed by atoms with Gasteiger partial charge in [-0.25, -0.2) is 0 Å². The molecule has 0 saturated heterocycles. The van der Waals surface area contributed by atoms with Crippen LogP contribution in [0, 0.1) is 0 Å². The average molecular weight is 407 g/mol. The molecule has 0 amide bonds. The summed E-state index contributed by atoms with van der Waals surface area (Å²) in [7, 11) is 0.288. The summed E-state index contributed by atoms with van der Waals surface area (Å²) in [4.78, 5) is 0. The standard InChI is InChI=1S/C25H46O2Si/c1-25(2,3)28(5,6)27-22-18-13-11-9-7-8-10-12-17-21-24(26-4)23-19-15-14-16-20-23/h14-16,19-20,24H,7-13,17-18,21-22H2,1-6H3. The normalized spacial score (nSPS) is 13.6. The molecule has 0 aromatic heterocycles. The van der Waals surface area contributed by atoms with Crippen LogP contribution in [0.2, 0.25) is 18.1 Å². The maximum atomic E-state index is 6.26. The van der Waals surface area contributed by atoms with E-state index in [9.17, 15) is 0 Å². The molecule has 0 spiro atoms. The molecule has 0 saturated carbocycles. The van der Waals surface area contributed by atoms with Gasteiger partial charge >= 0.3 is 0 Å². The van der Waals surface area contributed by atoms with Gasteiger partial charge in [0.1, 0.15) is 0 Å². The van der Waals surface area contributed by atoms with Gasteiger partial charge in [0.2, 0.25) is 0 Å². The van der Waals surface area contributed by atoms with E-state index in [4.69, 9.17) is 9.16 Å². The van der Waals surface area contributed by atoms with Gasteiger partial charge in [0, 0.05) is 13.7 Å². The molecule has 28 heavy (non-hydrogen) atoms. The highest BCUT2D eigenvalue weighted by Crippen LogP contribution is 2.36. The summed E-state index contributed by atoms with van der Waals surface area (Å²) < 4.78 is 11.9. The fraction of sp³-hybridized carbons (Fsp3) is 0.760. The lowest BCUT2D eigenvalue weighted by atomic mass is 10.0. The van der Waals surface area contributed by atoms with Gasteiger partial charge in [0.05, 0.1) is 6.10 Å². The van der Waals surface area contributed by atoms with Gasteiger partial charge in [-0.3, -0.25) is 0 Å². The summed E-state index contributed by atoms with van der Waals surface area (Å²) >= 11 is 0. The molecule has 162 valence electrons. The summed E-state index contributed by atoms with van der Waals surface area (Å²) in [6.07, 6.45) is 13.4. The molecule has 3 heteroatoms. The van der Waals surface area contributed by atoms with Gasteiger partial charge < -0.3 is 9.16 Å². The zero-order valence-corrected chi connectivity index (χ0v) is 20.6. The van der Waals surface area contributed by atoms with Gasteiger partial charge in [0.25, 0.3) is 0 Å². The van der Waals surface area contributed by atoms with Crippen molar-refractivity contribution in [3.05, 3.63) is 35.9 Å². The van der Waals surface area contributed by atoms with Crippen LogP contribution in [0.3, 0.4) is 0 Å². The van der Waals surface area contributed by atoms with Crippen molar-refractivity contribution in [3.8, 4) is 0 Å². The third-order valence-electron chi connectivity index (χ3n) is 6.34. The molecule has 1 aromatic carbocycles. The van der Waals surface area contributed by atoms with E-state index in [-0.39, 0.29) is 6.10 Å². The highest BCUT2D eigenvalue weighted by molar-refractivity contribution is 6.74. The predicted molar refractivity (Wildman–Crippen MR) is 126 cm³/mol. The Morgan fingerprint density at radius 3 is 1.79 bits per heavy atom.